The molecule has 0 aliphatic heterocycles. The van der Waals surface area contributed by atoms with Crippen LogP contribution in [0.15, 0.2) is 12.4 Å². The van der Waals surface area contributed by atoms with Crippen molar-refractivity contribution in [2.75, 3.05) is 0 Å². The predicted molar refractivity (Wildman–Crippen MR) is 49.1 cm³/mol. The molecule has 76 valence electrons. The molecule has 0 bridgehead atoms. The van der Waals surface area contributed by atoms with Crippen LogP contribution in [-0.2, 0) is 4.79 Å². The fourth-order valence-electron chi connectivity index (χ4n) is 0.988. The number of rotatable bonds is 4. The summed E-state index contributed by atoms with van der Waals surface area (Å²) in [5, 5.41) is 8.50. The molecule has 0 saturated carbocycles. The number of ether oxygens (including phenoxy) is 1. The zero-order chi connectivity index (χ0) is 10.6. The third-order valence-corrected chi connectivity index (χ3v) is 1.56. The first kappa shape index (κ1) is 10.4. The topological polar surface area (TPSA) is 72.3 Å². The molecule has 1 atom stereocenters. The Labute approximate surface area is 81.8 Å². The van der Waals surface area contributed by atoms with Gasteiger partial charge in [0, 0.05) is 11.8 Å². The standard InChI is InChI=1S/C9H12N2O3/c1-6-3-8(11-5-10-6)14-7(2)4-9(12)13/h3,5,7H,4H2,1-2H3,(H,12,13). The number of aryl methyl sites for hydroxylation is 1. The van der Waals surface area contributed by atoms with Crippen LogP contribution in [0.5, 0.6) is 5.88 Å². The van der Waals surface area contributed by atoms with Crippen LogP contribution in [0, 0.1) is 6.92 Å². The van der Waals surface area contributed by atoms with Crippen molar-refractivity contribution in [1.82, 2.24) is 9.97 Å². The average Bonchev–Trinajstić information content (AvgIpc) is 2.01. The third kappa shape index (κ3) is 3.38. The van der Waals surface area contributed by atoms with Crippen LogP contribution in [0.1, 0.15) is 19.0 Å². The Balaban J connectivity index is 2.55. The van der Waals surface area contributed by atoms with Crippen LogP contribution in [0.25, 0.3) is 0 Å². The molecule has 0 saturated heterocycles. The lowest BCUT2D eigenvalue weighted by atomic mass is 10.3. The lowest BCUT2D eigenvalue weighted by Crippen LogP contribution is -2.17. The van der Waals surface area contributed by atoms with Crippen molar-refractivity contribution in [1.29, 1.82) is 0 Å². The monoisotopic (exact) mass is 196 g/mol. The second kappa shape index (κ2) is 4.55. The first-order valence-electron chi connectivity index (χ1n) is 4.25. The first-order valence-corrected chi connectivity index (χ1v) is 4.25. The van der Waals surface area contributed by atoms with Crippen molar-refractivity contribution in [2.24, 2.45) is 0 Å². The van der Waals surface area contributed by atoms with Gasteiger partial charge in [0.05, 0.1) is 6.42 Å². The number of aliphatic carboxylic acids is 1. The SMILES string of the molecule is Cc1cc(OC(C)CC(=O)O)ncn1. The maximum absolute atomic E-state index is 10.4. The summed E-state index contributed by atoms with van der Waals surface area (Å²) in [6.07, 6.45) is 0.961. The minimum Gasteiger partial charge on any atom is -0.481 e. The zero-order valence-corrected chi connectivity index (χ0v) is 8.10. The van der Waals surface area contributed by atoms with E-state index < -0.39 is 5.97 Å². The molecule has 0 amide bonds. The Hall–Kier alpha value is -1.65. The van der Waals surface area contributed by atoms with Crippen molar-refractivity contribution in [3.63, 3.8) is 0 Å². The molecule has 0 aliphatic carbocycles. The number of carboxylic acids is 1. The van der Waals surface area contributed by atoms with E-state index in [9.17, 15) is 4.79 Å². The van der Waals surface area contributed by atoms with E-state index in [1.807, 2.05) is 6.92 Å². The average molecular weight is 196 g/mol. The second-order valence-electron chi connectivity index (χ2n) is 3.02. The van der Waals surface area contributed by atoms with Crippen molar-refractivity contribution in [3.05, 3.63) is 18.1 Å². The van der Waals surface area contributed by atoms with Gasteiger partial charge in [0.25, 0.3) is 0 Å². The van der Waals surface area contributed by atoms with Crippen LogP contribution in [0.3, 0.4) is 0 Å². The van der Waals surface area contributed by atoms with Gasteiger partial charge >= 0.3 is 5.97 Å². The molecule has 5 heteroatoms. The Kier molecular flexibility index (Phi) is 3.39. The van der Waals surface area contributed by atoms with Gasteiger partial charge in [0.2, 0.25) is 5.88 Å². The van der Waals surface area contributed by atoms with Gasteiger partial charge in [-0.15, -0.1) is 0 Å². The Morgan fingerprint density at radius 3 is 2.93 bits per heavy atom. The summed E-state index contributed by atoms with van der Waals surface area (Å²) in [6, 6.07) is 1.67. The maximum atomic E-state index is 10.4. The van der Waals surface area contributed by atoms with Gasteiger partial charge < -0.3 is 9.84 Å². The molecule has 0 radical (unpaired) electrons. The summed E-state index contributed by atoms with van der Waals surface area (Å²) >= 11 is 0. The highest BCUT2D eigenvalue weighted by molar-refractivity contribution is 5.67. The quantitative estimate of drug-likeness (QED) is 0.778. The summed E-state index contributed by atoms with van der Waals surface area (Å²) in [5.41, 5.74) is 0.789. The van der Waals surface area contributed by atoms with E-state index in [4.69, 9.17) is 9.84 Å². The van der Waals surface area contributed by atoms with Gasteiger partial charge in [-0.2, -0.15) is 0 Å². The Morgan fingerprint density at radius 1 is 1.64 bits per heavy atom. The van der Waals surface area contributed by atoms with Crippen molar-refractivity contribution in [2.45, 2.75) is 26.4 Å². The molecule has 1 heterocycles. The summed E-state index contributed by atoms with van der Waals surface area (Å²) in [6.45, 7) is 3.50. The molecule has 0 spiro atoms. The highest BCUT2D eigenvalue weighted by atomic mass is 16.5. The molecule has 0 aromatic carbocycles. The van der Waals surface area contributed by atoms with E-state index >= 15 is 0 Å². The van der Waals surface area contributed by atoms with Crippen molar-refractivity contribution < 1.29 is 14.6 Å². The minimum absolute atomic E-state index is 0.0386. The number of hydrogen-bond donors (Lipinski definition) is 1. The lowest BCUT2D eigenvalue weighted by molar-refractivity contribution is -0.138. The van der Waals surface area contributed by atoms with Crippen molar-refractivity contribution >= 4 is 5.97 Å². The predicted octanol–water partition coefficient (Wildman–Crippen LogP) is 1.03. The molecular formula is C9H12N2O3. The van der Waals surface area contributed by atoms with E-state index in [1.54, 1.807) is 13.0 Å². The zero-order valence-electron chi connectivity index (χ0n) is 8.10. The van der Waals surface area contributed by atoms with Crippen LogP contribution >= 0.6 is 0 Å². The van der Waals surface area contributed by atoms with Gasteiger partial charge in [-0.1, -0.05) is 0 Å². The van der Waals surface area contributed by atoms with Crippen LogP contribution in [0.4, 0.5) is 0 Å². The molecule has 1 aromatic heterocycles. The fraction of sp³-hybridized carbons (Fsp3) is 0.444. The second-order valence-corrected chi connectivity index (χ2v) is 3.02. The maximum Gasteiger partial charge on any atom is 0.307 e. The number of nitrogens with zero attached hydrogens (tertiary/aromatic N) is 2. The van der Waals surface area contributed by atoms with Gasteiger partial charge in [-0.05, 0) is 13.8 Å². The van der Waals surface area contributed by atoms with Crippen LogP contribution in [0.2, 0.25) is 0 Å². The number of aromatic nitrogens is 2. The Bertz CT molecular complexity index is 328. The van der Waals surface area contributed by atoms with E-state index in [0.717, 1.165) is 5.69 Å². The largest absolute Gasteiger partial charge is 0.481 e. The molecular weight excluding hydrogens is 184 g/mol. The highest BCUT2D eigenvalue weighted by Gasteiger charge is 2.09. The van der Waals surface area contributed by atoms with Gasteiger partial charge in [0.1, 0.15) is 12.4 Å². The van der Waals surface area contributed by atoms with E-state index in [2.05, 4.69) is 9.97 Å². The lowest BCUT2D eigenvalue weighted by Gasteiger charge is -2.11. The fourth-order valence-corrected chi connectivity index (χ4v) is 0.988. The number of carbonyl (C=O) groups is 1. The van der Waals surface area contributed by atoms with Gasteiger partial charge in [0.15, 0.2) is 0 Å². The molecule has 1 unspecified atom stereocenters. The number of hydrogen-bond acceptors (Lipinski definition) is 4. The summed E-state index contributed by atoms with van der Waals surface area (Å²) in [7, 11) is 0. The molecule has 0 aliphatic rings. The van der Waals surface area contributed by atoms with E-state index in [0.29, 0.717) is 5.88 Å². The smallest absolute Gasteiger partial charge is 0.307 e. The van der Waals surface area contributed by atoms with Crippen LogP contribution < -0.4 is 4.74 Å². The van der Waals surface area contributed by atoms with Gasteiger partial charge in [-0.3, -0.25) is 4.79 Å². The summed E-state index contributed by atoms with van der Waals surface area (Å²) in [4.78, 5) is 18.1. The van der Waals surface area contributed by atoms with E-state index in [1.165, 1.54) is 6.33 Å². The summed E-state index contributed by atoms with van der Waals surface area (Å²) < 4.78 is 5.27. The minimum atomic E-state index is -0.886. The van der Waals surface area contributed by atoms with Crippen LogP contribution in [-0.4, -0.2) is 27.1 Å². The molecule has 1 N–H and O–H groups in total. The third-order valence-electron chi connectivity index (χ3n) is 1.56. The first-order chi connectivity index (χ1) is 6.58. The van der Waals surface area contributed by atoms with Crippen molar-refractivity contribution in [3.8, 4) is 5.88 Å². The highest BCUT2D eigenvalue weighted by Crippen LogP contribution is 2.09. The molecule has 0 fully saturated rings. The number of carboxylic acid groups (broad SMARTS) is 1. The van der Waals surface area contributed by atoms with E-state index in [-0.39, 0.29) is 12.5 Å². The molecule has 1 rings (SSSR count). The molecule has 1 aromatic rings. The molecule has 5 nitrogen and oxygen atoms in total. The van der Waals surface area contributed by atoms with Gasteiger partial charge in [-0.25, -0.2) is 9.97 Å². The Morgan fingerprint density at radius 2 is 2.36 bits per heavy atom. The molecule has 14 heavy (non-hydrogen) atoms. The summed E-state index contributed by atoms with van der Waals surface area (Å²) in [5.74, 6) is -0.477. The normalized spacial score (nSPS) is 12.1.